The van der Waals surface area contributed by atoms with E-state index in [0.29, 0.717) is 19.5 Å². The van der Waals surface area contributed by atoms with Crippen molar-refractivity contribution in [2.45, 2.75) is 19.3 Å². The van der Waals surface area contributed by atoms with E-state index in [9.17, 15) is 9.59 Å². The third-order valence-corrected chi connectivity index (χ3v) is 5.80. The van der Waals surface area contributed by atoms with Crippen LogP contribution >= 0.6 is 11.6 Å². The van der Waals surface area contributed by atoms with Crippen LogP contribution < -0.4 is 10.5 Å². The van der Waals surface area contributed by atoms with Gasteiger partial charge in [-0.2, -0.15) is 5.10 Å². The predicted octanol–water partition coefficient (Wildman–Crippen LogP) is 1.89. The van der Waals surface area contributed by atoms with E-state index < -0.39 is 0 Å². The van der Waals surface area contributed by atoms with Crippen molar-refractivity contribution >= 4 is 23.2 Å². The van der Waals surface area contributed by atoms with Gasteiger partial charge in [-0.05, 0) is 43.0 Å². The minimum Gasteiger partial charge on any atom is -0.368 e. The van der Waals surface area contributed by atoms with Crippen LogP contribution in [0.4, 0.5) is 5.69 Å². The summed E-state index contributed by atoms with van der Waals surface area (Å²) in [4.78, 5) is 29.1. The van der Waals surface area contributed by atoms with Crippen LogP contribution in [-0.2, 0) is 24.7 Å². The summed E-state index contributed by atoms with van der Waals surface area (Å²) >= 11 is 6.09. The fraction of sp³-hybridized carbons (Fsp3) is 0.450. The summed E-state index contributed by atoms with van der Waals surface area (Å²) in [5.41, 5.74) is 2.87. The molecule has 6 nitrogen and oxygen atoms in total. The van der Waals surface area contributed by atoms with Crippen LogP contribution in [0.25, 0.3) is 0 Å². The van der Waals surface area contributed by atoms with E-state index in [1.165, 1.54) is 4.68 Å². The van der Waals surface area contributed by atoms with Crippen LogP contribution in [0.2, 0.25) is 5.02 Å². The Morgan fingerprint density at radius 2 is 1.96 bits per heavy atom. The third kappa shape index (κ3) is 3.72. The van der Waals surface area contributed by atoms with Crippen molar-refractivity contribution in [3.05, 3.63) is 57.0 Å². The number of nitrogens with zero attached hydrogens (tertiary/aromatic N) is 4. The van der Waals surface area contributed by atoms with Gasteiger partial charge in [0.15, 0.2) is 0 Å². The summed E-state index contributed by atoms with van der Waals surface area (Å²) in [5, 5.41) is 5.06. The summed E-state index contributed by atoms with van der Waals surface area (Å²) in [7, 11) is 1.67. The molecule has 0 radical (unpaired) electrons. The molecular formula is C20H23ClN4O2. The number of anilines is 1. The second kappa shape index (κ2) is 7.35. The Morgan fingerprint density at radius 1 is 1.19 bits per heavy atom. The number of halogens is 1. The molecule has 7 heteroatoms. The zero-order valence-electron chi connectivity index (χ0n) is 15.4. The van der Waals surface area contributed by atoms with Gasteiger partial charge in [0.1, 0.15) is 0 Å². The average molecular weight is 387 g/mol. The van der Waals surface area contributed by atoms with Gasteiger partial charge in [0.2, 0.25) is 5.91 Å². The molecule has 4 rings (SSSR count). The number of hydrogen-bond donors (Lipinski definition) is 0. The van der Waals surface area contributed by atoms with Crippen molar-refractivity contribution in [1.82, 2.24) is 14.7 Å². The van der Waals surface area contributed by atoms with Gasteiger partial charge in [0, 0.05) is 55.9 Å². The SMILES string of the molecule is Cn1nc2c(cc1=O)CC(C(=O)N1CCN(c3cccc(Cl)c3)CC1)CC2. The molecule has 27 heavy (non-hydrogen) atoms. The molecule has 1 atom stereocenters. The Labute approximate surface area is 163 Å². The lowest BCUT2D eigenvalue weighted by atomic mass is 9.86. The molecule has 0 spiro atoms. The van der Waals surface area contributed by atoms with Gasteiger partial charge in [-0.3, -0.25) is 9.59 Å². The van der Waals surface area contributed by atoms with Gasteiger partial charge in [0.25, 0.3) is 5.56 Å². The molecule has 2 aromatic rings. The minimum absolute atomic E-state index is 0.0517. The van der Waals surface area contributed by atoms with Crippen molar-refractivity contribution in [1.29, 1.82) is 0 Å². The van der Waals surface area contributed by atoms with Crippen LogP contribution in [0.1, 0.15) is 17.7 Å². The van der Waals surface area contributed by atoms with E-state index in [1.807, 2.05) is 23.1 Å². The lowest BCUT2D eigenvalue weighted by molar-refractivity contribution is -0.136. The van der Waals surface area contributed by atoms with Crippen molar-refractivity contribution in [3.63, 3.8) is 0 Å². The number of amides is 1. The number of aromatic nitrogens is 2. The molecule has 1 aliphatic heterocycles. The van der Waals surface area contributed by atoms with Crippen molar-refractivity contribution in [3.8, 4) is 0 Å². The molecule has 1 unspecified atom stereocenters. The average Bonchev–Trinajstić information content (AvgIpc) is 2.68. The van der Waals surface area contributed by atoms with E-state index >= 15 is 0 Å². The van der Waals surface area contributed by atoms with Crippen LogP contribution in [0.5, 0.6) is 0 Å². The number of benzene rings is 1. The fourth-order valence-corrected chi connectivity index (χ4v) is 4.20. The Bertz CT molecular complexity index is 918. The molecule has 1 saturated heterocycles. The van der Waals surface area contributed by atoms with E-state index in [4.69, 9.17) is 11.6 Å². The summed E-state index contributed by atoms with van der Waals surface area (Å²) in [6.07, 6.45) is 2.17. The third-order valence-electron chi connectivity index (χ3n) is 5.57. The molecule has 1 fully saturated rings. The Balaban J connectivity index is 1.40. The van der Waals surface area contributed by atoms with Gasteiger partial charge >= 0.3 is 0 Å². The van der Waals surface area contributed by atoms with Gasteiger partial charge in [-0.15, -0.1) is 0 Å². The molecule has 2 heterocycles. The highest BCUT2D eigenvalue weighted by Crippen LogP contribution is 2.26. The number of carbonyl (C=O) groups is 1. The minimum atomic E-state index is -0.114. The Morgan fingerprint density at radius 3 is 2.70 bits per heavy atom. The van der Waals surface area contributed by atoms with E-state index in [-0.39, 0.29) is 17.4 Å². The maximum absolute atomic E-state index is 13.0. The number of aryl methyl sites for hydroxylation is 2. The molecule has 142 valence electrons. The Hall–Kier alpha value is -2.34. The first-order chi connectivity index (χ1) is 13.0. The Kier molecular flexibility index (Phi) is 4.91. The standard InChI is InChI=1S/C20H23ClN4O2/c1-23-19(26)12-15-11-14(5-6-18(15)22-23)20(27)25-9-7-24(8-10-25)17-4-2-3-16(21)13-17/h2-4,12-14H,5-11H2,1H3. The van der Waals surface area contributed by atoms with Gasteiger partial charge < -0.3 is 9.80 Å². The molecule has 2 aliphatic rings. The molecule has 1 aromatic heterocycles. The highest BCUT2D eigenvalue weighted by molar-refractivity contribution is 6.30. The quantitative estimate of drug-likeness (QED) is 0.790. The molecule has 1 aliphatic carbocycles. The number of carbonyl (C=O) groups excluding carboxylic acids is 1. The summed E-state index contributed by atoms with van der Waals surface area (Å²) in [6, 6.07) is 9.47. The molecule has 0 bridgehead atoms. The molecule has 1 aromatic carbocycles. The molecule has 0 N–H and O–H groups in total. The van der Waals surface area contributed by atoms with Gasteiger partial charge in [-0.1, -0.05) is 17.7 Å². The smallest absolute Gasteiger partial charge is 0.266 e. The molecule has 0 saturated carbocycles. The highest BCUT2D eigenvalue weighted by Gasteiger charge is 2.31. The maximum atomic E-state index is 13.0. The number of fused-ring (bicyclic) bond motifs is 1. The van der Waals surface area contributed by atoms with Crippen molar-refractivity contribution in [2.75, 3.05) is 31.1 Å². The highest BCUT2D eigenvalue weighted by atomic mass is 35.5. The first kappa shape index (κ1) is 18.0. The summed E-state index contributed by atoms with van der Waals surface area (Å²) in [6.45, 7) is 3.03. The largest absolute Gasteiger partial charge is 0.368 e. The first-order valence-electron chi connectivity index (χ1n) is 9.36. The monoisotopic (exact) mass is 386 g/mol. The maximum Gasteiger partial charge on any atom is 0.266 e. The van der Waals surface area contributed by atoms with Gasteiger partial charge in [-0.25, -0.2) is 4.68 Å². The van der Waals surface area contributed by atoms with E-state index in [2.05, 4.69) is 16.1 Å². The van der Waals surface area contributed by atoms with Crippen LogP contribution in [0, 0.1) is 5.92 Å². The van der Waals surface area contributed by atoms with Crippen LogP contribution in [0.3, 0.4) is 0 Å². The zero-order chi connectivity index (χ0) is 19.0. The topological polar surface area (TPSA) is 58.4 Å². The van der Waals surface area contributed by atoms with Crippen molar-refractivity contribution < 1.29 is 4.79 Å². The normalized spacial score (nSPS) is 19.7. The van der Waals surface area contributed by atoms with Crippen molar-refractivity contribution in [2.24, 2.45) is 13.0 Å². The second-order valence-corrected chi connectivity index (χ2v) is 7.75. The van der Waals surface area contributed by atoms with E-state index in [0.717, 1.165) is 47.9 Å². The lowest BCUT2D eigenvalue weighted by Gasteiger charge is -2.38. The lowest BCUT2D eigenvalue weighted by Crippen LogP contribution is -2.51. The number of hydrogen-bond acceptors (Lipinski definition) is 4. The molecular weight excluding hydrogens is 364 g/mol. The van der Waals surface area contributed by atoms with Crippen LogP contribution in [0.15, 0.2) is 35.1 Å². The number of rotatable bonds is 2. The summed E-state index contributed by atoms with van der Waals surface area (Å²) < 4.78 is 1.37. The van der Waals surface area contributed by atoms with Crippen LogP contribution in [-0.4, -0.2) is 46.8 Å². The fourth-order valence-electron chi connectivity index (χ4n) is 4.01. The van der Waals surface area contributed by atoms with Gasteiger partial charge in [0.05, 0.1) is 5.69 Å². The zero-order valence-corrected chi connectivity index (χ0v) is 16.2. The van der Waals surface area contributed by atoms with E-state index in [1.54, 1.807) is 13.1 Å². The summed E-state index contributed by atoms with van der Waals surface area (Å²) in [5.74, 6) is 0.149. The molecule has 1 amide bonds. The second-order valence-electron chi connectivity index (χ2n) is 7.31. The predicted molar refractivity (Wildman–Crippen MR) is 105 cm³/mol. The first-order valence-corrected chi connectivity index (χ1v) is 9.74. The number of piperazine rings is 1.